The van der Waals surface area contributed by atoms with Gasteiger partial charge in [-0.15, -0.1) is 11.8 Å². The molecule has 0 spiro atoms. The van der Waals surface area contributed by atoms with E-state index in [0.717, 1.165) is 16.8 Å². The van der Waals surface area contributed by atoms with Crippen LogP contribution in [0, 0.1) is 5.92 Å². The van der Waals surface area contributed by atoms with Gasteiger partial charge in [-0.2, -0.15) is 0 Å². The summed E-state index contributed by atoms with van der Waals surface area (Å²) >= 11 is 1.88. The smallest absolute Gasteiger partial charge is 0.134 e. The van der Waals surface area contributed by atoms with E-state index < -0.39 is 0 Å². The molecule has 0 radical (unpaired) electrons. The molecule has 0 bridgehead atoms. The van der Waals surface area contributed by atoms with Crippen LogP contribution in [0.5, 0.6) is 0 Å². The van der Waals surface area contributed by atoms with Gasteiger partial charge in [0.1, 0.15) is 16.7 Å². The van der Waals surface area contributed by atoms with Crippen molar-refractivity contribution < 1.29 is 0 Å². The Morgan fingerprint density at radius 1 is 1.33 bits per heavy atom. The summed E-state index contributed by atoms with van der Waals surface area (Å²) in [6.45, 7) is 6.55. The summed E-state index contributed by atoms with van der Waals surface area (Å²) in [4.78, 5) is 8.92. The molecule has 2 atom stereocenters. The van der Waals surface area contributed by atoms with E-state index in [2.05, 4.69) is 30.7 Å². The van der Waals surface area contributed by atoms with Crippen molar-refractivity contribution in [1.82, 2.24) is 9.97 Å². The second-order valence-corrected chi connectivity index (χ2v) is 6.98. The topological polar surface area (TPSA) is 51.8 Å². The van der Waals surface area contributed by atoms with E-state index in [1.807, 2.05) is 17.8 Å². The van der Waals surface area contributed by atoms with E-state index >= 15 is 0 Å². The number of hydrogen-bond acceptors (Lipinski definition) is 4. The van der Waals surface area contributed by atoms with Crippen LogP contribution in [0.2, 0.25) is 0 Å². The minimum Gasteiger partial charge on any atom is -0.384 e. The number of rotatable bonds is 3. The molecule has 2 rings (SSSR count). The van der Waals surface area contributed by atoms with Crippen LogP contribution in [0.15, 0.2) is 11.1 Å². The predicted molar refractivity (Wildman–Crippen MR) is 77.8 cm³/mol. The van der Waals surface area contributed by atoms with E-state index in [9.17, 15) is 0 Å². The van der Waals surface area contributed by atoms with Crippen molar-refractivity contribution in [2.75, 3.05) is 5.73 Å². The SMILES string of the molecule is CC1CCCC(Sc2cc(N)nc(C(C)C)n2)C1. The van der Waals surface area contributed by atoms with Gasteiger partial charge in [-0.25, -0.2) is 9.97 Å². The van der Waals surface area contributed by atoms with Gasteiger partial charge in [0.05, 0.1) is 0 Å². The van der Waals surface area contributed by atoms with Gasteiger partial charge >= 0.3 is 0 Å². The second-order valence-electron chi connectivity index (χ2n) is 5.66. The quantitative estimate of drug-likeness (QED) is 0.843. The van der Waals surface area contributed by atoms with E-state index in [0.29, 0.717) is 17.0 Å². The first kappa shape index (κ1) is 13.7. The molecule has 3 nitrogen and oxygen atoms in total. The maximum atomic E-state index is 5.87. The normalized spacial score (nSPS) is 24.4. The Morgan fingerprint density at radius 2 is 2.11 bits per heavy atom. The number of thioether (sulfide) groups is 1. The first-order chi connectivity index (χ1) is 8.54. The minimum absolute atomic E-state index is 0.332. The molecular formula is C14H23N3S. The third kappa shape index (κ3) is 3.61. The molecule has 100 valence electrons. The number of nitrogens with two attached hydrogens (primary N) is 1. The third-order valence-corrected chi connectivity index (χ3v) is 4.64. The Morgan fingerprint density at radius 3 is 2.78 bits per heavy atom. The average Bonchev–Trinajstić information content (AvgIpc) is 2.28. The Kier molecular flexibility index (Phi) is 4.49. The zero-order valence-corrected chi connectivity index (χ0v) is 12.3. The highest BCUT2D eigenvalue weighted by molar-refractivity contribution is 7.99. The molecule has 0 saturated heterocycles. The lowest BCUT2D eigenvalue weighted by atomic mass is 9.91. The predicted octanol–water partition coefficient (Wildman–Crippen LogP) is 3.85. The van der Waals surface area contributed by atoms with E-state index in [1.165, 1.54) is 25.7 Å². The summed E-state index contributed by atoms with van der Waals surface area (Å²) in [7, 11) is 0. The summed E-state index contributed by atoms with van der Waals surface area (Å²) in [5.41, 5.74) is 5.87. The summed E-state index contributed by atoms with van der Waals surface area (Å²) in [5.74, 6) is 2.64. The molecule has 1 heterocycles. The van der Waals surface area contributed by atoms with Gasteiger partial charge in [-0.05, 0) is 18.8 Å². The molecule has 1 saturated carbocycles. The molecule has 1 aliphatic carbocycles. The van der Waals surface area contributed by atoms with Crippen molar-refractivity contribution in [2.24, 2.45) is 5.92 Å². The van der Waals surface area contributed by atoms with Crippen LogP contribution < -0.4 is 5.73 Å². The van der Waals surface area contributed by atoms with Crippen LogP contribution in [-0.4, -0.2) is 15.2 Å². The van der Waals surface area contributed by atoms with Crippen molar-refractivity contribution in [1.29, 1.82) is 0 Å². The van der Waals surface area contributed by atoms with Gasteiger partial charge in [0, 0.05) is 17.2 Å². The minimum atomic E-state index is 0.332. The zero-order valence-electron chi connectivity index (χ0n) is 11.5. The fourth-order valence-electron chi connectivity index (χ4n) is 2.44. The lowest BCUT2D eigenvalue weighted by Gasteiger charge is -2.25. The highest BCUT2D eigenvalue weighted by atomic mass is 32.2. The van der Waals surface area contributed by atoms with Gasteiger partial charge in [0.2, 0.25) is 0 Å². The van der Waals surface area contributed by atoms with Crippen LogP contribution in [-0.2, 0) is 0 Å². The number of hydrogen-bond donors (Lipinski definition) is 1. The molecule has 1 fully saturated rings. The largest absolute Gasteiger partial charge is 0.384 e. The third-order valence-electron chi connectivity index (χ3n) is 3.43. The van der Waals surface area contributed by atoms with Crippen LogP contribution in [0.1, 0.15) is 58.2 Å². The van der Waals surface area contributed by atoms with Crippen LogP contribution >= 0.6 is 11.8 Å². The number of aromatic nitrogens is 2. The number of anilines is 1. The summed E-state index contributed by atoms with van der Waals surface area (Å²) in [6, 6.07) is 1.91. The van der Waals surface area contributed by atoms with Crippen molar-refractivity contribution in [3.8, 4) is 0 Å². The Bertz CT molecular complexity index is 406. The molecule has 2 N–H and O–H groups in total. The fraction of sp³-hybridized carbons (Fsp3) is 0.714. The molecule has 1 aromatic heterocycles. The highest BCUT2D eigenvalue weighted by Crippen LogP contribution is 2.35. The molecule has 0 amide bonds. The number of nitrogen functional groups attached to an aromatic ring is 1. The first-order valence-corrected chi connectivity index (χ1v) is 7.73. The lowest BCUT2D eigenvalue weighted by Crippen LogP contribution is -2.15. The van der Waals surface area contributed by atoms with Gasteiger partial charge in [-0.3, -0.25) is 0 Å². The van der Waals surface area contributed by atoms with Crippen LogP contribution in [0.3, 0.4) is 0 Å². The van der Waals surface area contributed by atoms with E-state index in [4.69, 9.17) is 5.73 Å². The monoisotopic (exact) mass is 265 g/mol. The average molecular weight is 265 g/mol. The van der Waals surface area contributed by atoms with Crippen LogP contribution in [0.25, 0.3) is 0 Å². The molecule has 0 aliphatic heterocycles. The fourth-order valence-corrected chi connectivity index (χ4v) is 3.82. The molecular weight excluding hydrogens is 242 g/mol. The maximum Gasteiger partial charge on any atom is 0.134 e. The number of nitrogens with zero attached hydrogens (tertiary/aromatic N) is 2. The molecule has 1 aromatic rings. The summed E-state index contributed by atoms with van der Waals surface area (Å²) < 4.78 is 0. The molecule has 0 aromatic carbocycles. The van der Waals surface area contributed by atoms with Gasteiger partial charge in [-0.1, -0.05) is 33.6 Å². The Hall–Kier alpha value is -0.770. The van der Waals surface area contributed by atoms with E-state index in [1.54, 1.807) is 0 Å². The zero-order chi connectivity index (χ0) is 13.1. The first-order valence-electron chi connectivity index (χ1n) is 6.85. The maximum absolute atomic E-state index is 5.87. The van der Waals surface area contributed by atoms with Crippen molar-refractivity contribution in [2.45, 2.75) is 62.6 Å². The van der Waals surface area contributed by atoms with Crippen molar-refractivity contribution in [3.05, 3.63) is 11.9 Å². The second kappa shape index (κ2) is 5.91. The Balaban J connectivity index is 2.08. The van der Waals surface area contributed by atoms with Crippen molar-refractivity contribution in [3.63, 3.8) is 0 Å². The van der Waals surface area contributed by atoms with E-state index in [-0.39, 0.29) is 0 Å². The van der Waals surface area contributed by atoms with Gasteiger partial charge in [0.25, 0.3) is 0 Å². The van der Waals surface area contributed by atoms with Gasteiger partial charge < -0.3 is 5.73 Å². The Labute approximate surface area is 114 Å². The van der Waals surface area contributed by atoms with Crippen molar-refractivity contribution >= 4 is 17.6 Å². The molecule has 18 heavy (non-hydrogen) atoms. The lowest BCUT2D eigenvalue weighted by molar-refractivity contribution is 0.394. The summed E-state index contributed by atoms with van der Waals surface area (Å²) in [6.07, 6.45) is 5.32. The summed E-state index contributed by atoms with van der Waals surface area (Å²) in [5, 5.41) is 1.74. The van der Waals surface area contributed by atoms with Gasteiger partial charge in [0.15, 0.2) is 0 Å². The molecule has 2 unspecified atom stereocenters. The van der Waals surface area contributed by atoms with Crippen LogP contribution in [0.4, 0.5) is 5.82 Å². The highest BCUT2D eigenvalue weighted by Gasteiger charge is 2.20. The standard InChI is InChI=1S/C14H23N3S/c1-9(2)14-16-12(15)8-13(17-14)18-11-6-4-5-10(3)7-11/h8-11H,4-7H2,1-3H3,(H2,15,16,17). The molecule has 1 aliphatic rings. The molecule has 4 heteroatoms.